The zero-order valence-electron chi connectivity index (χ0n) is 20.0. The van der Waals surface area contributed by atoms with E-state index in [2.05, 4.69) is 4.98 Å². The first-order valence-corrected chi connectivity index (χ1v) is 12.7. The van der Waals surface area contributed by atoms with Gasteiger partial charge in [0.05, 0.1) is 16.0 Å². The molecule has 8 nitrogen and oxygen atoms in total. The summed E-state index contributed by atoms with van der Waals surface area (Å²) >= 11 is 0. The van der Waals surface area contributed by atoms with Crippen LogP contribution in [-0.4, -0.2) is 41.4 Å². The van der Waals surface area contributed by atoms with E-state index in [-0.39, 0.29) is 40.9 Å². The predicted molar refractivity (Wildman–Crippen MR) is 122 cm³/mol. The lowest BCUT2D eigenvalue weighted by molar-refractivity contribution is -0.144. The van der Waals surface area contributed by atoms with E-state index in [1.54, 1.807) is 0 Å². The van der Waals surface area contributed by atoms with E-state index in [0.717, 1.165) is 35.0 Å². The molecular formula is C24H20F6N2O6S. The Morgan fingerprint density at radius 3 is 2.33 bits per heavy atom. The first-order chi connectivity index (χ1) is 18.1. The van der Waals surface area contributed by atoms with Crippen LogP contribution in [-0.2, 0) is 33.8 Å². The summed E-state index contributed by atoms with van der Waals surface area (Å²) in [4.78, 5) is 14.9. The molecule has 3 aromatic rings. The molecule has 15 heteroatoms. The van der Waals surface area contributed by atoms with Gasteiger partial charge in [0.1, 0.15) is 29.9 Å². The number of oxazole rings is 1. The van der Waals surface area contributed by atoms with Crippen molar-refractivity contribution in [2.75, 3.05) is 6.54 Å². The number of ether oxygens (including phenoxy) is 1. The fourth-order valence-corrected chi connectivity index (χ4v) is 5.85. The van der Waals surface area contributed by atoms with Crippen molar-refractivity contribution in [2.24, 2.45) is 0 Å². The maximum Gasteiger partial charge on any atom is 0.420 e. The number of aliphatic carboxylic acids is 1. The van der Waals surface area contributed by atoms with Crippen molar-refractivity contribution in [2.45, 2.75) is 49.7 Å². The quantitative estimate of drug-likeness (QED) is 0.369. The van der Waals surface area contributed by atoms with E-state index in [1.807, 2.05) is 0 Å². The van der Waals surface area contributed by atoms with Gasteiger partial charge in [0.2, 0.25) is 10.0 Å². The minimum atomic E-state index is -5.24. The summed E-state index contributed by atoms with van der Waals surface area (Å²) in [7, 11) is -4.31. The molecule has 1 N–H and O–H groups in total. The van der Waals surface area contributed by atoms with Crippen LogP contribution in [0.2, 0.25) is 0 Å². The standard InChI is InChI=1S/C24H20F6N2O6S/c1-13-19(31-12-38-13)11-37-21-17(9-15(23(25,26)27)10-18(21)24(28,29)30)14-4-6-16(7-5-14)39(35,36)32-8-2-3-20(32)22(33)34/h4-7,9-10,12,20H,2-3,8,11H2,1H3,(H,33,34)/t20-/m1/s1. The highest BCUT2D eigenvalue weighted by atomic mass is 32.2. The number of halogens is 6. The number of carboxylic acid groups (broad SMARTS) is 1. The summed E-state index contributed by atoms with van der Waals surface area (Å²) in [6.45, 7) is 0.864. The summed E-state index contributed by atoms with van der Waals surface area (Å²) in [5.74, 6) is -2.02. The molecule has 1 saturated heterocycles. The fourth-order valence-electron chi connectivity index (χ4n) is 4.20. The van der Waals surface area contributed by atoms with Crippen molar-refractivity contribution >= 4 is 16.0 Å². The molecule has 2 heterocycles. The second kappa shape index (κ2) is 10.2. The molecule has 1 aromatic heterocycles. The third-order valence-electron chi connectivity index (χ3n) is 6.18. The lowest BCUT2D eigenvalue weighted by Gasteiger charge is -2.22. The van der Waals surface area contributed by atoms with Crippen LogP contribution in [0.3, 0.4) is 0 Å². The molecule has 0 bridgehead atoms. The molecule has 1 aliphatic heterocycles. The third-order valence-corrected chi connectivity index (χ3v) is 8.10. The van der Waals surface area contributed by atoms with E-state index >= 15 is 0 Å². The molecule has 0 unspecified atom stereocenters. The Balaban J connectivity index is 1.81. The Hall–Kier alpha value is -3.59. The Kier molecular flexibility index (Phi) is 7.42. The molecule has 0 aliphatic carbocycles. The largest absolute Gasteiger partial charge is 0.486 e. The van der Waals surface area contributed by atoms with Gasteiger partial charge in [-0.25, -0.2) is 13.4 Å². The molecule has 4 rings (SSSR count). The number of nitrogens with zero attached hydrogens (tertiary/aromatic N) is 2. The number of hydrogen-bond donors (Lipinski definition) is 1. The van der Waals surface area contributed by atoms with Crippen LogP contribution in [0.15, 0.2) is 52.1 Å². The third kappa shape index (κ3) is 5.73. The zero-order chi connectivity index (χ0) is 28.8. The first-order valence-electron chi connectivity index (χ1n) is 11.3. The van der Waals surface area contributed by atoms with Crippen LogP contribution in [0.25, 0.3) is 11.1 Å². The molecule has 0 amide bonds. The van der Waals surface area contributed by atoms with Gasteiger partial charge in [-0.3, -0.25) is 4.79 Å². The second-order valence-corrected chi connectivity index (χ2v) is 10.6. The van der Waals surface area contributed by atoms with Crippen LogP contribution in [0, 0.1) is 6.92 Å². The van der Waals surface area contributed by atoms with Gasteiger partial charge in [-0.1, -0.05) is 12.1 Å². The summed E-state index contributed by atoms with van der Waals surface area (Å²) in [6.07, 6.45) is -8.94. The maximum absolute atomic E-state index is 13.9. The highest BCUT2D eigenvalue weighted by molar-refractivity contribution is 7.89. The topological polar surface area (TPSA) is 110 Å². The van der Waals surface area contributed by atoms with Crippen LogP contribution in [0.4, 0.5) is 26.3 Å². The van der Waals surface area contributed by atoms with Crippen LogP contribution in [0.1, 0.15) is 35.4 Å². The summed E-state index contributed by atoms with van der Waals surface area (Å²) < 4.78 is 120. The average molecular weight is 578 g/mol. The number of hydrogen-bond acceptors (Lipinski definition) is 6. The summed E-state index contributed by atoms with van der Waals surface area (Å²) in [5.41, 5.74) is -3.95. The van der Waals surface area contributed by atoms with Crippen LogP contribution >= 0.6 is 0 Å². The predicted octanol–water partition coefficient (Wildman–Crippen LogP) is 5.50. The Bertz CT molecular complexity index is 1480. The molecule has 0 saturated carbocycles. The minimum absolute atomic E-state index is 0.0525. The van der Waals surface area contributed by atoms with Crippen molar-refractivity contribution in [3.8, 4) is 16.9 Å². The molecule has 210 valence electrons. The van der Waals surface area contributed by atoms with E-state index in [0.29, 0.717) is 12.5 Å². The van der Waals surface area contributed by atoms with E-state index in [9.17, 15) is 44.7 Å². The molecule has 1 atom stereocenters. The van der Waals surface area contributed by atoms with Crippen LogP contribution in [0.5, 0.6) is 5.75 Å². The smallest absolute Gasteiger partial charge is 0.420 e. The summed E-state index contributed by atoms with van der Waals surface area (Å²) in [5, 5.41) is 9.32. The Labute approximate surface area is 217 Å². The number of carbonyl (C=O) groups is 1. The molecule has 2 aromatic carbocycles. The van der Waals surface area contributed by atoms with Gasteiger partial charge in [-0.2, -0.15) is 30.6 Å². The maximum atomic E-state index is 13.9. The highest BCUT2D eigenvalue weighted by Gasteiger charge is 2.42. The highest BCUT2D eigenvalue weighted by Crippen LogP contribution is 2.46. The Morgan fingerprint density at radius 1 is 1.13 bits per heavy atom. The van der Waals surface area contributed by atoms with E-state index < -0.39 is 63.4 Å². The van der Waals surface area contributed by atoms with Gasteiger partial charge in [0.25, 0.3) is 0 Å². The lowest BCUT2D eigenvalue weighted by atomic mass is 9.97. The number of alkyl halides is 6. The number of carboxylic acids is 1. The first kappa shape index (κ1) is 28.4. The molecule has 0 radical (unpaired) electrons. The van der Waals surface area contributed by atoms with Crippen molar-refractivity contribution in [3.63, 3.8) is 0 Å². The van der Waals surface area contributed by atoms with Crippen LogP contribution < -0.4 is 4.74 Å². The summed E-state index contributed by atoms with van der Waals surface area (Å²) in [6, 6.07) is 3.16. The minimum Gasteiger partial charge on any atom is -0.486 e. The van der Waals surface area contributed by atoms with Gasteiger partial charge < -0.3 is 14.3 Å². The number of benzene rings is 2. The van der Waals surface area contributed by atoms with E-state index in [1.165, 1.54) is 6.92 Å². The van der Waals surface area contributed by atoms with Crippen molar-refractivity contribution in [1.29, 1.82) is 0 Å². The van der Waals surface area contributed by atoms with Gasteiger partial charge in [-0.15, -0.1) is 0 Å². The molecule has 0 spiro atoms. The average Bonchev–Trinajstić information content (AvgIpc) is 3.51. The van der Waals surface area contributed by atoms with Crippen molar-refractivity contribution < 1.29 is 53.8 Å². The Morgan fingerprint density at radius 2 is 1.79 bits per heavy atom. The lowest BCUT2D eigenvalue weighted by Crippen LogP contribution is -2.40. The fraction of sp³-hybridized carbons (Fsp3) is 0.333. The van der Waals surface area contributed by atoms with Gasteiger partial charge in [0, 0.05) is 12.1 Å². The number of sulfonamides is 1. The van der Waals surface area contributed by atoms with Gasteiger partial charge in [0.15, 0.2) is 6.39 Å². The number of aryl methyl sites for hydroxylation is 1. The van der Waals surface area contributed by atoms with Crippen molar-refractivity contribution in [1.82, 2.24) is 9.29 Å². The number of rotatable bonds is 7. The number of aromatic nitrogens is 1. The van der Waals surface area contributed by atoms with Gasteiger partial charge >= 0.3 is 18.3 Å². The zero-order valence-corrected chi connectivity index (χ0v) is 20.8. The molecule has 1 fully saturated rings. The SMILES string of the molecule is Cc1ocnc1COc1c(-c2ccc(S(=O)(=O)N3CCC[C@@H]3C(=O)O)cc2)cc(C(F)(F)F)cc1C(F)(F)F. The molecule has 1 aliphatic rings. The normalized spacial score (nSPS) is 16.9. The molecular weight excluding hydrogens is 558 g/mol. The molecule has 39 heavy (non-hydrogen) atoms. The van der Waals surface area contributed by atoms with Gasteiger partial charge in [-0.05, 0) is 49.6 Å². The van der Waals surface area contributed by atoms with Crippen molar-refractivity contribution in [3.05, 3.63) is 65.4 Å². The monoisotopic (exact) mass is 578 g/mol. The second-order valence-electron chi connectivity index (χ2n) is 8.68. The van der Waals surface area contributed by atoms with E-state index in [4.69, 9.17) is 9.15 Å².